The van der Waals surface area contributed by atoms with E-state index in [1.807, 2.05) is 49.4 Å². The summed E-state index contributed by atoms with van der Waals surface area (Å²) in [5, 5.41) is 8.47. The first-order chi connectivity index (χ1) is 9.06. The normalized spacial score (nSPS) is 11.1. The van der Waals surface area contributed by atoms with Crippen molar-refractivity contribution in [3.63, 3.8) is 0 Å². The van der Waals surface area contributed by atoms with Crippen LogP contribution in [-0.4, -0.2) is 19.6 Å². The van der Waals surface area contributed by atoms with Crippen LogP contribution in [0.2, 0.25) is 0 Å². The highest BCUT2D eigenvalue weighted by molar-refractivity contribution is 5.73. The van der Waals surface area contributed by atoms with Gasteiger partial charge in [-0.2, -0.15) is 0 Å². The Kier molecular flexibility index (Phi) is 2.48. The first-order valence-corrected chi connectivity index (χ1v) is 6.12. The molecule has 0 bridgehead atoms. The average Bonchev–Trinajstić information content (AvgIpc) is 2.76. The predicted octanol–water partition coefficient (Wildman–Crippen LogP) is 2.30. The fourth-order valence-electron chi connectivity index (χ4n) is 2.27. The van der Waals surface area contributed by atoms with E-state index in [0.717, 1.165) is 34.1 Å². The standard InChI is InChI=1S/C14H15N5/c1-8-4-5-12(15)11(6-8)14-18-17-13-7-9(2)16-10(3)19(13)14/h4-7H,15H2,1-3H3. The lowest BCUT2D eigenvalue weighted by atomic mass is 10.1. The van der Waals surface area contributed by atoms with Gasteiger partial charge in [-0.05, 0) is 32.9 Å². The largest absolute Gasteiger partial charge is 0.398 e. The van der Waals surface area contributed by atoms with Gasteiger partial charge in [0, 0.05) is 23.0 Å². The molecule has 0 amide bonds. The zero-order chi connectivity index (χ0) is 13.6. The Balaban J connectivity index is 2.34. The van der Waals surface area contributed by atoms with E-state index >= 15 is 0 Å². The highest BCUT2D eigenvalue weighted by Crippen LogP contribution is 2.26. The van der Waals surface area contributed by atoms with Crippen molar-refractivity contribution in [3.8, 4) is 11.4 Å². The van der Waals surface area contributed by atoms with Crippen LogP contribution in [0.1, 0.15) is 17.1 Å². The molecule has 2 N–H and O–H groups in total. The quantitative estimate of drug-likeness (QED) is 0.676. The van der Waals surface area contributed by atoms with Crippen LogP contribution in [0.4, 0.5) is 5.69 Å². The fraction of sp³-hybridized carbons (Fsp3) is 0.214. The van der Waals surface area contributed by atoms with Crippen molar-refractivity contribution in [1.29, 1.82) is 0 Å². The lowest BCUT2D eigenvalue weighted by Gasteiger charge is -2.07. The van der Waals surface area contributed by atoms with Crippen LogP contribution in [0.25, 0.3) is 17.0 Å². The number of nitrogen functional groups attached to an aromatic ring is 1. The van der Waals surface area contributed by atoms with Crippen LogP contribution >= 0.6 is 0 Å². The van der Waals surface area contributed by atoms with E-state index in [1.54, 1.807) is 0 Å². The molecule has 0 aliphatic heterocycles. The molecule has 19 heavy (non-hydrogen) atoms. The van der Waals surface area contributed by atoms with Crippen molar-refractivity contribution in [1.82, 2.24) is 19.6 Å². The van der Waals surface area contributed by atoms with Crippen molar-refractivity contribution in [2.45, 2.75) is 20.8 Å². The molecule has 1 aromatic carbocycles. The molecule has 0 fully saturated rings. The van der Waals surface area contributed by atoms with Gasteiger partial charge in [-0.15, -0.1) is 10.2 Å². The minimum Gasteiger partial charge on any atom is -0.398 e. The van der Waals surface area contributed by atoms with Crippen molar-refractivity contribution in [2.75, 3.05) is 5.73 Å². The van der Waals surface area contributed by atoms with Gasteiger partial charge in [-0.25, -0.2) is 4.98 Å². The molecule has 0 unspecified atom stereocenters. The van der Waals surface area contributed by atoms with E-state index in [1.165, 1.54) is 0 Å². The molecule has 0 aliphatic carbocycles. The number of aryl methyl sites for hydroxylation is 3. The van der Waals surface area contributed by atoms with Crippen LogP contribution < -0.4 is 5.73 Å². The first-order valence-electron chi connectivity index (χ1n) is 6.12. The van der Waals surface area contributed by atoms with E-state index < -0.39 is 0 Å². The van der Waals surface area contributed by atoms with Gasteiger partial charge < -0.3 is 5.73 Å². The Morgan fingerprint density at radius 1 is 1.05 bits per heavy atom. The zero-order valence-electron chi connectivity index (χ0n) is 11.2. The molecule has 2 heterocycles. The SMILES string of the molecule is Cc1ccc(N)c(-c2nnc3cc(C)nc(C)n23)c1. The number of hydrogen-bond acceptors (Lipinski definition) is 4. The predicted molar refractivity (Wildman–Crippen MR) is 74.8 cm³/mol. The Labute approximate surface area is 111 Å². The first kappa shape index (κ1) is 11.6. The Bertz CT molecular complexity index is 773. The number of nitrogens with two attached hydrogens (primary N) is 1. The number of benzene rings is 1. The molecule has 2 aromatic heterocycles. The second-order valence-corrected chi connectivity index (χ2v) is 4.75. The Morgan fingerprint density at radius 3 is 2.63 bits per heavy atom. The van der Waals surface area contributed by atoms with E-state index in [9.17, 15) is 0 Å². The molecule has 96 valence electrons. The highest BCUT2D eigenvalue weighted by atomic mass is 15.3. The van der Waals surface area contributed by atoms with Gasteiger partial charge in [-0.1, -0.05) is 11.6 Å². The lowest BCUT2D eigenvalue weighted by Crippen LogP contribution is -2.01. The van der Waals surface area contributed by atoms with E-state index in [-0.39, 0.29) is 0 Å². The second-order valence-electron chi connectivity index (χ2n) is 4.75. The van der Waals surface area contributed by atoms with Gasteiger partial charge in [0.1, 0.15) is 5.82 Å². The summed E-state index contributed by atoms with van der Waals surface area (Å²) in [5.74, 6) is 1.59. The molecule has 5 heteroatoms. The molecule has 0 atom stereocenters. The molecule has 3 aromatic rings. The number of hydrogen-bond donors (Lipinski definition) is 1. The summed E-state index contributed by atoms with van der Waals surface area (Å²) >= 11 is 0. The van der Waals surface area contributed by atoms with E-state index in [2.05, 4.69) is 15.2 Å². The molecule has 5 nitrogen and oxygen atoms in total. The van der Waals surface area contributed by atoms with E-state index in [0.29, 0.717) is 5.69 Å². The Hall–Kier alpha value is -2.43. The van der Waals surface area contributed by atoms with Crippen LogP contribution in [-0.2, 0) is 0 Å². The van der Waals surface area contributed by atoms with Crippen molar-refractivity contribution >= 4 is 11.3 Å². The smallest absolute Gasteiger partial charge is 0.171 e. The lowest BCUT2D eigenvalue weighted by molar-refractivity contribution is 0.962. The molecule has 0 aliphatic rings. The molecule has 0 radical (unpaired) electrons. The second kappa shape index (κ2) is 4.05. The molecular weight excluding hydrogens is 238 g/mol. The van der Waals surface area contributed by atoms with Gasteiger partial charge in [0.2, 0.25) is 0 Å². The zero-order valence-corrected chi connectivity index (χ0v) is 11.2. The molecule has 0 saturated carbocycles. The number of fused-ring (bicyclic) bond motifs is 1. The van der Waals surface area contributed by atoms with Gasteiger partial charge >= 0.3 is 0 Å². The summed E-state index contributed by atoms with van der Waals surface area (Å²) in [7, 11) is 0. The number of nitrogens with zero attached hydrogens (tertiary/aromatic N) is 4. The van der Waals surface area contributed by atoms with Gasteiger partial charge in [-0.3, -0.25) is 4.40 Å². The summed E-state index contributed by atoms with van der Waals surface area (Å²) in [4.78, 5) is 4.45. The van der Waals surface area contributed by atoms with Gasteiger partial charge in [0.15, 0.2) is 11.5 Å². The summed E-state index contributed by atoms with van der Waals surface area (Å²) in [6, 6.07) is 7.81. The topological polar surface area (TPSA) is 69.1 Å². The monoisotopic (exact) mass is 253 g/mol. The van der Waals surface area contributed by atoms with Crippen LogP contribution in [0.3, 0.4) is 0 Å². The Morgan fingerprint density at radius 2 is 1.84 bits per heavy atom. The maximum absolute atomic E-state index is 6.05. The van der Waals surface area contributed by atoms with Gasteiger partial charge in [0.25, 0.3) is 0 Å². The minimum absolute atomic E-state index is 0.694. The maximum Gasteiger partial charge on any atom is 0.171 e. The van der Waals surface area contributed by atoms with Gasteiger partial charge in [0.05, 0.1) is 0 Å². The van der Waals surface area contributed by atoms with Crippen molar-refractivity contribution < 1.29 is 0 Å². The fourth-order valence-corrected chi connectivity index (χ4v) is 2.27. The molecular formula is C14H15N5. The summed E-state index contributed by atoms with van der Waals surface area (Å²) in [6.45, 7) is 5.92. The third kappa shape index (κ3) is 1.83. The van der Waals surface area contributed by atoms with Crippen LogP contribution in [0.15, 0.2) is 24.3 Å². The molecule has 0 spiro atoms. The third-order valence-electron chi connectivity index (χ3n) is 3.14. The summed E-state index contributed by atoms with van der Waals surface area (Å²) in [6.07, 6.45) is 0. The third-order valence-corrected chi connectivity index (χ3v) is 3.14. The highest BCUT2D eigenvalue weighted by Gasteiger charge is 2.13. The maximum atomic E-state index is 6.05. The number of anilines is 1. The average molecular weight is 253 g/mol. The number of rotatable bonds is 1. The van der Waals surface area contributed by atoms with Crippen LogP contribution in [0, 0.1) is 20.8 Å². The molecule has 3 rings (SSSR count). The minimum atomic E-state index is 0.694. The van der Waals surface area contributed by atoms with Crippen molar-refractivity contribution in [2.24, 2.45) is 0 Å². The van der Waals surface area contributed by atoms with E-state index in [4.69, 9.17) is 5.73 Å². The molecule has 0 saturated heterocycles. The summed E-state index contributed by atoms with van der Waals surface area (Å²) in [5.41, 5.74) is 10.5. The van der Waals surface area contributed by atoms with Crippen LogP contribution in [0.5, 0.6) is 0 Å². The van der Waals surface area contributed by atoms with Crippen molar-refractivity contribution in [3.05, 3.63) is 41.3 Å². The number of aromatic nitrogens is 4. The summed E-state index contributed by atoms with van der Waals surface area (Å²) < 4.78 is 1.93.